The van der Waals surface area contributed by atoms with Crippen LogP contribution in [0.1, 0.15) is 31.9 Å². The molecule has 0 atom stereocenters. The molecule has 0 saturated carbocycles. The molecule has 5 nitrogen and oxygen atoms in total. The summed E-state index contributed by atoms with van der Waals surface area (Å²) in [5.74, 6) is 0.529. The van der Waals surface area contributed by atoms with E-state index < -0.39 is 0 Å². The Hall–Kier alpha value is -3.08. The molecule has 0 spiro atoms. The van der Waals surface area contributed by atoms with Gasteiger partial charge in [0.2, 0.25) is 0 Å². The summed E-state index contributed by atoms with van der Waals surface area (Å²) in [5.41, 5.74) is 3.35. The van der Waals surface area contributed by atoms with Crippen molar-refractivity contribution in [2.24, 2.45) is 5.92 Å². The van der Waals surface area contributed by atoms with Crippen molar-refractivity contribution in [3.63, 3.8) is 0 Å². The Morgan fingerprint density at radius 3 is 2.18 bits per heavy atom. The Bertz CT molecular complexity index is 896. The maximum absolute atomic E-state index is 12.7. The van der Waals surface area contributed by atoms with Gasteiger partial charge in [-0.05, 0) is 47.7 Å². The third-order valence-corrected chi connectivity index (χ3v) is 4.64. The van der Waals surface area contributed by atoms with Crippen LogP contribution in [0.25, 0.3) is 5.57 Å². The van der Waals surface area contributed by atoms with Gasteiger partial charge in [-0.1, -0.05) is 45.0 Å². The molecule has 1 aliphatic rings. The Balaban J connectivity index is 1.91. The standard InChI is InChI=1S/C23H26N2O3/c1-5-16-6-10-18(11-7-16)24-21-20(22(26)25(4)23(21)27)17-8-12-19(13-9-17)28-14-15(2)3/h6-13,15,24H,5,14H2,1-4H3. The van der Waals surface area contributed by atoms with E-state index in [2.05, 4.69) is 26.1 Å². The van der Waals surface area contributed by atoms with Gasteiger partial charge in [-0.2, -0.15) is 0 Å². The number of nitrogens with zero attached hydrogens (tertiary/aromatic N) is 1. The predicted molar refractivity (Wildman–Crippen MR) is 111 cm³/mol. The number of carbonyl (C=O) groups excluding carboxylic acids is 2. The number of imide groups is 1. The number of amides is 2. The topological polar surface area (TPSA) is 58.6 Å². The van der Waals surface area contributed by atoms with Crippen molar-refractivity contribution >= 4 is 23.1 Å². The van der Waals surface area contributed by atoms with Gasteiger partial charge in [-0.25, -0.2) is 0 Å². The molecule has 0 aromatic heterocycles. The minimum Gasteiger partial charge on any atom is -0.493 e. The van der Waals surface area contributed by atoms with Crippen molar-refractivity contribution in [1.82, 2.24) is 4.90 Å². The second-order valence-corrected chi connectivity index (χ2v) is 7.32. The molecule has 5 heteroatoms. The van der Waals surface area contributed by atoms with E-state index in [1.165, 1.54) is 12.6 Å². The number of anilines is 1. The van der Waals surface area contributed by atoms with E-state index in [-0.39, 0.29) is 11.8 Å². The molecule has 2 aromatic rings. The van der Waals surface area contributed by atoms with E-state index in [0.29, 0.717) is 29.4 Å². The van der Waals surface area contributed by atoms with E-state index in [0.717, 1.165) is 22.8 Å². The summed E-state index contributed by atoms with van der Waals surface area (Å²) in [5, 5.41) is 3.14. The van der Waals surface area contributed by atoms with Gasteiger partial charge in [-0.3, -0.25) is 14.5 Å². The van der Waals surface area contributed by atoms with Gasteiger partial charge in [-0.15, -0.1) is 0 Å². The van der Waals surface area contributed by atoms with Crippen LogP contribution in [0.3, 0.4) is 0 Å². The number of ether oxygens (including phenoxy) is 1. The molecular formula is C23H26N2O3. The highest BCUT2D eigenvalue weighted by atomic mass is 16.5. The number of rotatable bonds is 7. The smallest absolute Gasteiger partial charge is 0.277 e. The van der Waals surface area contributed by atoms with Crippen LogP contribution in [0.2, 0.25) is 0 Å². The molecular weight excluding hydrogens is 352 g/mol. The first-order chi connectivity index (χ1) is 13.4. The van der Waals surface area contributed by atoms with Crippen molar-refractivity contribution in [1.29, 1.82) is 0 Å². The lowest BCUT2D eigenvalue weighted by Gasteiger charge is -2.11. The Morgan fingerprint density at radius 1 is 0.964 bits per heavy atom. The van der Waals surface area contributed by atoms with E-state index in [9.17, 15) is 9.59 Å². The lowest BCUT2D eigenvalue weighted by molar-refractivity contribution is -0.135. The molecule has 0 unspecified atom stereocenters. The molecule has 0 fully saturated rings. The highest BCUT2D eigenvalue weighted by Crippen LogP contribution is 2.30. The number of benzene rings is 2. The van der Waals surface area contributed by atoms with Gasteiger partial charge >= 0.3 is 0 Å². The highest BCUT2D eigenvalue weighted by molar-refractivity contribution is 6.36. The van der Waals surface area contributed by atoms with Gasteiger partial charge in [0.1, 0.15) is 11.4 Å². The average Bonchev–Trinajstić information content (AvgIpc) is 2.91. The Morgan fingerprint density at radius 2 is 1.61 bits per heavy atom. The fraction of sp³-hybridized carbons (Fsp3) is 0.304. The van der Waals surface area contributed by atoms with Crippen LogP contribution in [-0.4, -0.2) is 30.4 Å². The van der Waals surface area contributed by atoms with Gasteiger partial charge in [0.05, 0.1) is 12.2 Å². The van der Waals surface area contributed by atoms with Gasteiger partial charge in [0, 0.05) is 12.7 Å². The summed E-state index contributed by atoms with van der Waals surface area (Å²) >= 11 is 0. The van der Waals surface area contributed by atoms with Crippen molar-refractivity contribution < 1.29 is 14.3 Å². The van der Waals surface area contributed by atoms with E-state index in [1.54, 1.807) is 0 Å². The quantitative estimate of drug-likeness (QED) is 0.737. The molecule has 0 saturated heterocycles. The summed E-state index contributed by atoms with van der Waals surface area (Å²) < 4.78 is 5.70. The van der Waals surface area contributed by atoms with Crippen LogP contribution >= 0.6 is 0 Å². The minimum absolute atomic E-state index is 0.299. The maximum Gasteiger partial charge on any atom is 0.277 e. The van der Waals surface area contributed by atoms with Crippen molar-refractivity contribution in [2.75, 3.05) is 19.0 Å². The van der Waals surface area contributed by atoms with Crippen LogP contribution in [0.5, 0.6) is 5.75 Å². The van der Waals surface area contributed by atoms with Crippen LogP contribution in [0.4, 0.5) is 5.69 Å². The molecule has 2 amide bonds. The maximum atomic E-state index is 12.7. The highest BCUT2D eigenvalue weighted by Gasteiger charge is 2.36. The molecule has 1 aliphatic heterocycles. The summed E-state index contributed by atoms with van der Waals surface area (Å²) in [6.45, 7) is 6.89. The van der Waals surface area contributed by atoms with Crippen LogP contribution < -0.4 is 10.1 Å². The number of hydrogen-bond acceptors (Lipinski definition) is 4. The molecule has 1 N–H and O–H groups in total. The third kappa shape index (κ3) is 4.09. The normalized spacial score (nSPS) is 14.2. The van der Waals surface area contributed by atoms with Crippen molar-refractivity contribution in [3.05, 3.63) is 65.4 Å². The predicted octanol–water partition coefficient (Wildman–Crippen LogP) is 4.11. The molecule has 0 radical (unpaired) electrons. The third-order valence-electron chi connectivity index (χ3n) is 4.64. The fourth-order valence-corrected chi connectivity index (χ4v) is 2.97. The number of likely N-dealkylation sites (N-methyl/N-ethyl adjacent to an activating group) is 1. The zero-order valence-corrected chi connectivity index (χ0v) is 16.8. The first-order valence-electron chi connectivity index (χ1n) is 9.56. The van der Waals surface area contributed by atoms with Crippen LogP contribution in [0, 0.1) is 5.92 Å². The molecule has 28 heavy (non-hydrogen) atoms. The zero-order valence-electron chi connectivity index (χ0n) is 16.8. The number of aryl methyl sites for hydroxylation is 1. The first kappa shape index (κ1) is 19.7. The summed E-state index contributed by atoms with van der Waals surface area (Å²) in [6.07, 6.45) is 0.944. The van der Waals surface area contributed by atoms with E-state index >= 15 is 0 Å². The second-order valence-electron chi connectivity index (χ2n) is 7.32. The van der Waals surface area contributed by atoms with Crippen LogP contribution in [0.15, 0.2) is 54.2 Å². The minimum atomic E-state index is -0.334. The van der Waals surface area contributed by atoms with Gasteiger partial charge in [0.15, 0.2) is 0 Å². The summed E-state index contributed by atoms with van der Waals surface area (Å²) in [6, 6.07) is 15.1. The summed E-state index contributed by atoms with van der Waals surface area (Å²) in [4.78, 5) is 26.5. The van der Waals surface area contributed by atoms with Crippen LogP contribution in [-0.2, 0) is 16.0 Å². The van der Waals surface area contributed by atoms with E-state index in [4.69, 9.17) is 4.74 Å². The fourth-order valence-electron chi connectivity index (χ4n) is 2.97. The van der Waals surface area contributed by atoms with Gasteiger partial charge in [0.25, 0.3) is 11.8 Å². The number of hydrogen-bond donors (Lipinski definition) is 1. The monoisotopic (exact) mass is 378 g/mol. The lowest BCUT2D eigenvalue weighted by Crippen LogP contribution is -2.27. The van der Waals surface area contributed by atoms with Crippen molar-refractivity contribution in [2.45, 2.75) is 27.2 Å². The van der Waals surface area contributed by atoms with E-state index in [1.807, 2.05) is 48.5 Å². The second kappa shape index (κ2) is 8.30. The molecule has 0 bridgehead atoms. The lowest BCUT2D eigenvalue weighted by atomic mass is 10.0. The average molecular weight is 378 g/mol. The van der Waals surface area contributed by atoms with Crippen molar-refractivity contribution in [3.8, 4) is 5.75 Å². The SMILES string of the molecule is CCc1ccc(NC2=C(c3ccc(OCC(C)C)cc3)C(=O)N(C)C2=O)cc1. The first-order valence-corrected chi connectivity index (χ1v) is 9.56. The molecule has 0 aliphatic carbocycles. The Kier molecular flexibility index (Phi) is 5.83. The molecule has 3 rings (SSSR count). The molecule has 2 aromatic carbocycles. The number of carbonyl (C=O) groups is 2. The largest absolute Gasteiger partial charge is 0.493 e. The summed E-state index contributed by atoms with van der Waals surface area (Å²) in [7, 11) is 1.50. The Labute approximate surface area is 166 Å². The van der Waals surface area contributed by atoms with Gasteiger partial charge < -0.3 is 10.1 Å². The zero-order chi connectivity index (χ0) is 20.3. The molecule has 146 valence electrons. The number of nitrogens with one attached hydrogen (secondary N) is 1. The molecule has 1 heterocycles.